The molecule has 1 aliphatic rings. The van der Waals surface area contributed by atoms with Crippen LogP contribution in [0.25, 0.3) is 0 Å². The van der Waals surface area contributed by atoms with Crippen molar-refractivity contribution >= 4 is 0 Å². The smallest absolute Gasteiger partial charge is 0.0246 e. The molecule has 1 fully saturated rings. The second-order valence-electron chi connectivity index (χ2n) is 4.90. The lowest BCUT2D eigenvalue weighted by Gasteiger charge is -2.42. The molecule has 2 heteroatoms. The van der Waals surface area contributed by atoms with Gasteiger partial charge in [0.05, 0.1) is 0 Å². The van der Waals surface area contributed by atoms with E-state index in [-0.39, 0.29) is 5.54 Å². The fourth-order valence-electron chi connectivity index (χ4n) is 1.41. The highest BCUT2D eigenvalue weighted by Crippen LogP contribution is 2.30. The molecule has 0 aromatic heterocycles. The Morgan fingerprint density at radius 1 is 1.33 bits per heavy atom. The second-order valence-corrected chi connectivity index (χ2v) is 4.90. The molecule has 1 rings (SSSR count). The van der Waals surface area contributed by atoms with Gasteiger partial charge in [-0.25, -0.2) is 0 Å². The van der Waals surface area contributed by atoms with Gasteiger partial charge in [-0.15, -0.1) is 0 Å². The molecule has 0 atom stereocenters. The first-order valence-electron chi connectivity index (χ1n) is 4.91. The van der Waals surface area contributed by atoms with Crippen molar-refractivity contribution in [3.05, 3.63) is 0 Å². The van der Waals surface area contributed by atoms with Crippen molar-refractivity contribution in [1.29, 1.82) is 0 Å². The maximum absolute atomic E-state index is 3.62. The molecule has 0 spiro atoms. The Bertz CT molecular complexity index is 136. The summed E-state index contributed by atoms with van der Waals surface area (Å²) in [6.45, 7) is 7.83. The van der Waals surface area contributed by atoms with E-state index in [1.165, 1.54) is 19.3 Å². The van der Waals surface area contributed by atoms with Gasteiger partial charge in [-0.2, -0.15) is 0 Å². The van der Waals surface area contributed by atoms with Crippen molar-refractivity contribution in [3.8, 4) is 0 Å². The highest BCUT2D eigenvalue weighted by atomic mass is 15.1. The van der Waals surface area contributed by atoms with Gasteiger partial charge in [0.15, 0.2) is 0 Å². The van der Waals surface area contributed by atoms with Crippen LogP contribution < -0.4 is 10.6 Å². The molecule has 0 aliphatic heterocycles. The zero-order valence-corrected chi connectivity index (χ0v) is 8.83. The van der Waals surface area contributed by atoms with Crippen molar-refractivity contribution in [1.82, 2.24) is 10.6 Å². The quantitative estimate of drug-likeness (QED) is 0.668. The summed E-state index contributed by atoms with van der Waals surface area (Å²) in [4.78, 5) is 0. The third kappa shape index (κ3) is 2.46. The summed E-state index contributed by atoms with van der Waals surface area (Å²) in [5.74, 6) is 0. The minimum absolute atomic E-state index is 0.221. The van der Waals surface area contributed by atoms with Crippen LogP contribution >= 0.6 is 0 Å². The van der Waals surface area contributed by atoms with E-state index in [0.717, 1.165) is 6.54 Å². The third-order valence-corrected chi connectivity index (χ3v) is 3.09. The van der Waals surface area contributed by atoms with E-state index in [9.17, 15) is 0 Å². The topological polar surface area (TPSA) is 24.1 Å². The van der Waals surface area contributed by atoms with Crippen molar-refractivity contribution in [2.75, 3.05) is 13.6 Å². The van der Waals surface area contributed by atoms with E-state index in [2.05, 4.69) is 31.4 Å². The molecular formula is C10H22N2. The molecule has 2 N–H and O–H groups in total. The molecule has 0 amide bonds. The van der Waals surface area contributed by atoms with Gasteiger partial charge in [0, 0.05) is 17.6 Å². The van der Waals surface area contributed by atoms with E-state index in [0.29, 0.717) is 5.54 Å². The lowest BCUT2D eigenvalue weighted by molar-refractivity contribution is 0.190. The van der Waals surface area contributed by atoms with Gasteiger partial charge < -0.3 is 10.6 Å². The van der Waals surface area contributed by atoms with Crippen LogP contribution in [0.3, 0.4) is 0 Å². The average molecular weight is 170 g/mol. The van der Waals surface area contributed by atoms with Gasteiger partial charge in [0.1, 0.15) is 0 Å². The van der Waals surface area contributed by atoms with Crippen molar-refractivity contribution in [3.63, 3.8) is 0 Å². The van der Waals surface area contributed by atoms with E-state index in [4.69, 9.17) is 0 Å². The standard InChI is InChI=1S/C10H22N2/c1-9(2,11-4)8-12-10(3)6-5-7-10/h11-12H,5-8H2,1-4H3. The highest BCUT2D eigenvalue weighted by Gasteiger charge is 2.32. The van der Waals surface area contributed by atoms with Crippen molar-refractivity contribution in [2.24, 2.45) is 0 Å². The summed E-state index contributed by atoms with van der Waals surface area (Å²) >= 11 is 0. The average Bonchev–Trinajstić information content (AvgIpc) is 1.98. The number of hydrogen-bond donors (Lipinski definition) is 2. The van der Waals surface area contributed by atoms with Crippen LogP contribution in [0.4, 0.5) is 0 Å². The number of hydrogen-bond acceptors (Lipinski definition) is 2. The van der Waals surface area contributed by atoms with Crippen LogP contribution in [-0.2, 0) is 0 Å². The summed E-state index contributed by atoms with van der Waals surface area (Å²) in [6.07, 6.45) is 4.07. The molecule has 0 unspecified atom stereocenters. The molecule has 72 valence electrons. The first kappa shape index (κ1) is 10.0. The van der Waals surface area contributed by atoms with Crippen LogP contribution in [0.15, 0.2) is 0 Å². The van der Waals surface area contributed by atoms with E-state index < -0.39 is 0 Å². The molecule has 0 saturated heterocycles. The number of likely N-dealkylation sites (N-methyl/N-ethyl adjacent to an activating group) is 1. The maximum atomic E-state index is 3.62. The lowest BCUT2D eigenvalue weighted by atomic mass is 9.78. The van der Waals surface area contributed by atoms with Gasteiger partial charge in [-0.05, 0) is 47.1 Å². The van der Waals surface area contributed by atoms with Gasteiger partial charge in [0.25, 0.3) is 0 Å². The summed E-state index contributed by atoms with van der Waals surface area (Å²) in [7, 11) is 2.02. The fourth-order valence-corrected chi connectivity index (χ4v) is 1.41. The minimum atomic E-state index is 0.221. The lowest BCUT2D eigenvalue weighted by Crippen LogP contribution is -2.55. The fraction of sp³-hybridized carbons (Fsp3) is 1.00. The zero-order chi connectivity index (χ0) is 9.24. The molecular weight excluding hydrogens is 148 g/mol. The summed E-state index contributed by atoms with van der Waals surface area (Å²) in [5.41, 5.74) is 0.659. The number of nitrogens with one attached hydrogen (secondary N) is 2. The monoisotopic (exact) mass is 170 g/mol. The Hall–Kier alpha value is -0.0800. The van der Waals surface area contributed by atoms with Crippen LogP contribution in [0.2, 0.25) is 0 Å². The Labute approximate surface area is 76.1 Å². The van der Waals surface area contributed by atoms with Gasteiger partial charge in [-0.3, -0.25) is 0 Å². The van der Waals surface area contributed by atoms with E-state index in [1.54, 1.807) is 0 Å². The second kappa shape index (κ2) is 3.35. The van der Waals surface area contributed by atoms with E-state index in [1.807, 2.05) is 7.05 Å². The zero-order valence-electron chi connectivity index (χ0n) is 8.83. The summed E-state index contributed by atoms with van der Waals surface area (Å²) in [5, 5.41) is 6.92. The van der Waals surface area contributed by atoms with Crippen molar-refractivity contribution < 1.29 is 0 Å². The minimum Gasteiger partial charge on any atom is -0.314 e. The Balaban J connectivity index is 2.24. The summed E-state index contributed by atoms with van der Waals surface area (Å²) < 4.78 is 0. The molecule has 2 nitrogen and oxygen atoms in total. The Kier molecular flexibility index (Phi) is 2.79. The van der Waals surface area contributed by atoms with Gasteiger partial charge in [-0.1, -0.05) is 0 Å². The van der Waals surface area contributed by atoms with Gasteiger partial charge >= 0.3 is 0 Å². The third-order valence-electron chi connectivity index (χ3n) is 3.09. The molecule has 1 saturated carbocycles. The molecule has 0 aromatic rings. The molecule has 0 aromatic carbocycles. The van der Waals surface area contributed by atoms with Crippen molar-refractivity contribution in [2.45, 2.75) is 51.1 Å². The first-order valence-corrected chi connectivity index (χ1v) is 4.91. The molecule has 0 radical (unpaired) electrons. The maximum Gasteiger partial charge on any atom is 0.0246 e. The Morgan fingerprint density at radius 3 is 2.25 bits per heavy atom. The molecule has 0 heterocycles. The van der Waals surface area contributed by atoms with Crippen LogP contribution in [0.5, 0.6) is 0 Å². The first-order chi connectivity index (χ1) is 5.47. The predicted octanol–water partition coefficient (Wildman–Crippen LogP) is 1.52. The SMILES string of the molecule is CNC(C)(C)CNC1(C)CCC1. The van der Waals surface area contributed by atoms with Crippen LogP contribution in [-0.4, -0.2) is 24.7 Å². The predicted molar refractivity (Wildman–Crippen MR) is 53.4 cm³/mol. The number of rotatable bonds is 4. The highest BCUT2D eigenvalue weighted by molar-refractivity contribution is 4.94. The molecule has 12 heavy (non-hydrogen) atoms. The Morgan fingerprint density at radius 2 is 1.92 bits per heavy atom. The molecule has 1 aliphatic carbocycles. The molecule has 0 bridgehead atoms. The normalized spacial score (nSPS) is 22.0. The summed E-state index contributed by atoms with van der Waals surface area (Å²) in [6, 6.07) is 0. The van der Waals surface area contributed by atoms with Crippen LogP contribution in [0, 0.1) is 0 Å². The van der Waals surface area contributed by atoms with E-state index >= 15 is 0 Å². The van der Waals surface area contributed by atoms with Gasteiger partial charge in [0.2, 0.25) is 0 Å². The van der Waals surface area contributed by atoms with Crippen LogP contribution in [0.1, 0.15) is 40.0 Å². The largest absolute Gasteiger partial charge is 0.314 e.